The summed E-state index contributed by atoms with van der Waals surface area (Å²) in [6, 6.07) is 8.45. The Kier molecular flexibility index (Phi) is 1.42. The van der Waals surface area contributed by atoms with Crippen LogP contribution in [0, 0.1) is 0 Å². The zero-order chi connectivity index (χ0) is 7.68. The zero-order valence-corrected chi connectivity index (χ0v) is 6.62. The molecule has 0 bridgehead atoms. The van der Waals surface area contributed by atoms with Crippen molar-refractivity contribution in [2.24, 2.45) is 0 Å². The Bertz CT molecular complexity index is 360. The van der Waals surface area contributed by atoms with Crippen LogP contribution in [0.2, 0.25) is 0 Å². The van der Waals surface area contributed by atoms with Gasteiger partial charge in [-0.1, -0.05) is 13.0 Å². The fourth-order valence-electron chi connectivity index (χ4n) is 1.41. The number of pyridine rings is 1. The molecular weight excluding hydrogens is 134 g/mol. The molecule has 1 heteroatoms. The second kappa shape index (κ2) is 2.42. The normalized spacial score (nSPS) is 10.6. The minimum absolute atomic E-state index is 1.11. The Hall–Kier alpha value is -1.24. The fourth-order valence-corrected chi connectivity index (χ4v) is 1.41. The molecule has 0 aliphatic carbocycles. The standard InChI is InChI=1S/C10H11N/c1-2-9-6-8-11-7-4-3-5-10(9)11/h3-8H,2H2,1H3. The van der Waals surface area contributed by atoms with E-state index in [1.54, 1.807) is 0 Å². The zero-order valence-electron chi connectivity index (χ0n) is 6.62. The van der Waals surface area contributed by atoms with Crippen LogP contribution >= 0.6 is 0 Å². The first-order chi connectivity index (χ1) is 5.42. The minimum Gasteiger partial charge on any atom is -0.324 e. The summed E-state index contributed by atoms with van der Waals surface area (Å²) in [4.78, 5) is 0. The summed E-state index contributed by atoms with van der Waals surface area (Å²) in [7, 11) is 0. The Morgan fingerprint density at radius 2 is 2.09 bits per heavy atom. The lowest BCUT2D eigenvalue weighted by Crippen LogP contribution is -1.81. The number of fused-ring (bicyclic) bond motifs is 1. The lowest BCUT2D eigenvalue weighted by atomic mass is 10.2. The minimum atomic E-state index is 1.11. The molecule has 11 heavy (non-hydrogen) atoms. The lowest BCUT2D eigenvalue weighted by Gasteiger charge is -1.94. The van der Waals surface area contributed by atoms with E-state index in [1.807, 2.05) is 6.07 Å². The fraction of sp³-hybridized carbons (Fsp3) is 0.200. The second-order valence-corrected chi connectivity index (χ2v) is 2.69. The quantitative estimate of drug-likeness (QED) is 0.580. The number of hydrogen-bond acceptors (Lipinski definition) is 0. The van der Waals surface area contributed by atoms with Gasteiger partial charge in [-0.3, -0.25) is 0 Å². The van der Waals surface area contributed by atoms with Crippen LogP contribution in [0.5, 0.6) is 0 Å². The van der Waals surface area contributed by atoms with Crippen LogP contribution in [0.15, 0.2) is 36.7 Å². The number of hydrogen-bond donors (Lipinski definition) is 0. The smallest absolute Gasteiger partial charge is 0.0481 e. The molecule has 2 rings (SSSR count). The highest BCUT2D eigenvalue weighted by Crippen LogP contribution is 2.11. The van der Waals surface area contributed by atoms with Crippen molar-refractivity contribution in [3.8, 4) is 0 Å². The van der Waals surface area contributed by atoms with Crippen LogP contribution < -0.4 is 0 Å². The van der Waals surface area contributed by atoms with Crippen LogP contribution in [-0.2, 0) is 6.42 Å². The molecule has 0 saturated carbocycles. The van der Waals surface area contributed by atoms with Gasteiger partial charge in [0, 0.05) is 17.9 Å². The summed E-state index contributed by atoms with van der Waals surface area (Å²) in [5, 5.41) is 0. The van der Waals surface area contributed by atoms with Crippen molar-refractivity contribution < 1.29 is 0 Å². The molecule has 2 heterocycles. The van der Waals surface area contributed by atoms with E-state index in [9.17, 15) is 0 Å². The van der Waals surface area contributed by atoms with Crippen molar-refractivity contribution in [1.29, 1.82) is 0 Å². The van der Waals surface area contributed by atoms with Crippen LogP contribution in [0.1, 0.15) is 12.5 Å². The van der Waals surface area contributed by atoms with Gasteiger partial charge in [0.2, 0.25) is 0 Å². The largest absolute Gasteiger partial charge is 0.324 e. The van der Waals surface area contributed by atoms with Crippen LogP contribution in [0.4, 0.5) is 0 Å². The third kappa shape index (κ3) is 0.929. The third-order valence-corrected chi connectivity index (χ3v) is 2.04. The summed E-state index contributed by atoms with van der Waals surface area (Å²) in [6.45, 7) is 2.18. The topological polar surface area (TPSA) is 4.41 Å². The first-order valence-corrected chi connectivity index (χ1v) is 3.96. The van der Waals surface area contributed by atoms with Crippen LogP contribution in [0.3, 0.4) is 0 Å². The van der Waals surface area contributed by atoms with Crippen LogP contribution in [0.25, 0.3) is 5.52 Å². The number of nitrogens with zero attached hydrogens (tertiary/aromatic N) is 1. The maximum Gasteiger partial charge on any atom is 0.0481 e. The van der Waals surface area contributed by atoms with Gasteiger partial charge in [0.05, 0.1) is 0 Å². The van der Waals surface area contributed by atoms with E-state index in [2.05, 4.69) is 41.9 Å². The number of aryl methyl sites for hydroxylation is 1. The maximum atomic E-state index is 2.18. The Morgan fingerprint density at radius 3 is 2.91 bits per heavy atom. The first kappa shape index (κ1) is 6.47. The highest BCUT2D eigenvalue weighted by atomic mass is 14.8. The van der Waals surface area contributed by atoms with Crippen molar-refractivity contribution in [2.45, 2.75) is 13.3 Å². The van der Waals surface area contributed by atoms with Gasteiger partial charge in [-0.2, -0.15) is 0 Å². The van der Waals surface area contributed by atoms with Gasteiger partial charge in [0.15, 0.2) is 0 Å². The van der Waals surface area contributed by atoms with Crippen molar-refractivity contribution in [2.75, 3.05) is 0 Å². The molecule has 2 aromatic rings. The average Bonchev–Trinajstić information content (AvgIpc) is 2.47. The van der Waals surface area contributed by atoms with Gasteiger partial charge in [0.25, 0.3) is 0 Å². The molecule has 0 radical (unpaired) electrons. The third-order valence-electron chi connectivity index (χ3n) is 2.04. The summed E-state index contributed by atoms with van der Waals surface area (Å²) in [6.07, 6.45) is 5.29. The van der Waals surface area contributed by atoms with Crippen molar-refractivity contribution >= 4 is 5.52 Å². The van der Waals surface area contributed by atoms with Gasteiger partial charge in [0.1, 0.15) is 0 Å². The van der Waals surface area contributed by atoms with E-state index in [-0.39, 0.29) is 0 Å². The van der Waals surface area contributed by atoms with Crippen molar-refractivity contribution in [3.63, 3.8) is 0 Å². The molecule has 0 spiro atoms. The van der Waals surface area contributed by atoms with Gasteiger partial charge < -0.3 is 4.40 Å². The predicted octanol–water partition coefficient (Wildman–Crippen LogP) is 2.50. The molecule has 2 aromatic heterocycles. The SMILES string of the molecule is CCc1ccn2ccccc12. The highest BCUT2D eigenvalue weighted by molar-refractivity contribution is 5.55. The molecule has 0 fully saturated rings. The Balaban J connectivity index is 2.76. The van der Waals surface area contributed by atoms with E-state index in [0.29, 0.717) is 0 Å². The molecule has 1 nitrogen and oxygen atoms in total. The van der Waals surface area contributed by atoms with E-state index >= 15 is 0 Å². The molecule has 0 saturated heterocycles. The molecule has 56 valence electrons. The van der Waals surface area contributed by atoms with Gasteiger partial charge in [-0.25, -0.2) is 0 Å². The lowest BCUT2D eigenvalue weighted by molar-refractivity contribution is 1.15. The Labute approximate surface area is 66.3 Å². The molecule has 0 N–H and O–H groups in total. The van der Waals surface area contributed by atoms with Gasteiger partial charge in [-0.15, -0.1) is 0 Å². The van der Waals surface area contributed by atoms with Crippen molar-refractivity contribution in [3.05, 3.63) is 42.2 Å². The second-order valence-electron chi connectivity index (χ2n) is 2.69. The van der Waals surface area contributed by atoms with E-state index in [0.717, 1.165) is 6.42 Å². The van der Waals surface area contributed by atoms with Crippen LogP contribution in [-0.4, -0.2) is 4.40 Å². The Morgan fingerprint density at radius 1 is 1.18 bits per heavy atom. The van der Waals surface area contributed by atoms with Crippen molar-refractivity contribution in [1.82, 2.24) is 4.40 Å². The maximum absolute atomic E-state index is 2.18. The van der Waals surface area contributed by atoms with Gasteiger partial charge in [-0.05, 0) is 30.2 Å². The molecular formula is C10H11N. The molecule has 0 aliphatic rings. The van der Waals surface area contributed by atoms with E-state index in [4.69, 9.17) is 0 Å². The van der Waals surface area contributed by atoms with Gasteiger partial charge >= 0.3 is 0 Å². The first-order valence-electron chi connectivity index (χ1n) is 3.96. The number of aromatic nitrogens is 1. The molecule has 0 atom stereocenters. The summed E-state index contributed by atoms with van der Waals surface area (Å²) >= 11 is 0. The molecule has 0 aliphatic heterocycles. The number of rotatable bonds is 1. The molecule has 0 amide bonds. The predicted molar refractivity (Wildman–Crippen MR) is 46.8 cm³/mol. The average molecular weight is 145 g/mol. The summed E-state index contributed by atoms with van der Waals surface area (Å²) in [5.41, 5.74) is 2.75. The molecule has 0 unspecified atom stereocenters. The summed E-state index contributed by atoms with van der Waals surface area (Å²) < 4.78 is 2.15. The molecule has 0 aromatic carbocycles. The van der Waals surface area contributed by atoms with E-state index in [1.165, 1.54) is 11.1 Å². The monoisotopic (exact) mass is 145 g/mol. The highest BCUT2D eigenvalue weighted by Gasteiger charge is 1.96. The summed E-state index contributed by atoms with van der Waals surface area (Å²) in [5.74, 6) is 0. The van der Waals surface area contributed by atoms with E-state index < -0.39 is 0 Å².